The molecular formula is C5H13N2O3P. The predicted molar refractivity (Wildman–Crippen MR) is 41.8 cm³/mol. The second-order valence-corrected chi connectivity index (χ2v) is 1.82. The van der Waals surface area contributed by atoms with Crippen molar-refractivity contribution < 1.29 is 14.6 Å². The normalized spacial score (nSPS) is 8.27. The molecule has 1 amide bonds. The Labute approximate surface area is 67.3 Å². The van der Waals surface area contributed by atoms with Crippen LogP contribution < -0.4 is 10.8 Å². The van der Waals surface area contributed by atoms with Crippen molar-refractivity contribution in [2.75, 3.05) is 12.8 Å². The Morgan fingerprint density at radius 3 is 2.45 bits per heavy atom. The van der Waals surface area contributed by atoms with Gasteiger partial charge in [0.25, 0.3) is 5.91 Å². The van der Waals surface area contributed by atoms with Crippen LogP contribution in [0.2, 0.25) is 0 Å². The van der Waals surface area contributed by atoms with Crippen molar-refractivity contribution in [1.82, 2.24) is 10.8 Å². The predicted octanol–water partition coefficient (Wildman–Crippen LogP) is 0.357. The first-order valence-corrected chi connectivity index (χ1v) is 4.23. The summed E-state index contributed by atoms with van der Waals surface area (Å²) in [5.41, 5.74) is 1.42. The van der Waals surface area contributed by atoms with Crippen LogP contribution in [0.5, 0.6) is 0 Å². The summed E-state index contributed by atoms with van der Waals surface area (Å²) in [4.78, 5) is 10.2. The Kier molecular flexibility index (Phi) is 14.5. The SMILES string of the molecule is CC.O=PCNCC(=O)NO. The highest BCUT2D eigenvalue weighted by molar-refractivity contribution is 7.23. The molecule has 0 spiro atoms. The van der Waals surface area contributed by atoms with E-state index in [1.807, 2.05) is 13.8 Å². The lowest BCUT2D eigenvalue weighted by Gasteiger charge is -1.95. The summed E-state index contributed by atoms with van der Waals surface area (Å²) in [6.45, 7) is 3.98. The first-order chi connectivity index (χ1) is 5.31. The van der Waals surface area contributed by atoms with Crippen LogP contribution in [0.3, 0.4) is 0 Å². The summed E-state index contributed by atoms with van der Waals surface area (Å²) in [5, 5.41) is 10.4. The van der Waals surface area contributed by atoms with E-state index in [2.05, 4.69) is 5.32 Å². The highest BCUT2D eigenvalue weighted by atomic mass is 31.1. The number of rotatable bonds is 4. The average Bonchev–Trinajstić information content (AvgIpc) is 2.08. The van der Waals surface area contributed by atoms with Crippen LogP contribution in [0.25, 0.3) is 0 Å². The highest BCUT2D eigenvalue weighted by Crippen LogP contribution is 1.82. The van der Waals surface area contributed by atoms with E-state index in [-0.39, 0.29) is 21.3 Å². The second kappa shape index (κ2) is 12.2. The van der Waals surface area contributed by atoms with Crippen LogP contribution in [-0.2, 0) is 9.36 Å². The topological polar surface area (TPSA) is 78.4 Å². The third-order valence-electron chi connectivity index (χ3n) is 0.587. The standard InChI is InChI=1S/C3H7N2O3P.C2H6/c6-3(5-7)1-4-2-9-8;1-2/h4,7H,1-2H2,(H,5,6);1-2H3. The van der Waals surface area contributed by atoms with Gasteiger partial charge in [0, 0.05) is 0 Å². The molecule has 0 aliphatic carbocycles. The van der Waals surface area contributed by atoms with Gasteiger partial charge >= 0.3 is 0 Å². The zero-order valence-electron chi connectivity index (χ0n) is 6.63. The quantitative estimate of drug-likeness (QED) is 0.252. The zero-order chi connectivity index (χ0) is 9.11. The Morgan fingerprint density at radius 2 is 2.09 bits per heavy atom. The van der Waals surface area contributed by atoms with Gasteiger partial charge in [-0.25, -0.2) is 5.48 Å². The van der Waals surface area contributed by atoms with E-state index in [1.54, 1.807) is 0 Å². The summed E-state index contributed by atoms with van der Waals surface area (Å²) in [5.74, 6) is -0.543. The molecule has 6 heteroatoms. The molecule has 0 unspecified atom stereocenters. The van der Waals surface area contributed by atoms with Crippen molar-refractivity contribution in [3.05, 3.63) is 0 Å². The van der Waals surface area contributed by atoms with Gasteiger partial charge in [0.05, 0.1) is 12.8 Å². The zero-order valence-corrected chi connectivity index (χ0v) is 7.52. The van der Waals surface area contributed by atoms with Crippen molar-refractivity contribution in [1.29, 1.82) is 0 Å². The Bertz CT molecular complexity index is 110. The molecule has 0 aromatic rings. The van der Waals surface area contributed by atoms with Gasteiger partial charge < -0.3 is 0 Å². The minimum atomic E-state index is -0.543. The maximum Gasteiger partial charge on any atom is 0.257 e. The van der Waals surface area contributed by atoms with E-state index in [0.29, 0.717) is 0 Å². The summed E-state index contributed by atoms with van der Waals surface area (Å²) in [7, 11) is -0.0663. The number of hydrogen-bond donors (Lipinski definition) is 3. The van der Waals surface area contributed by atoms with Crippen LogP contribution in [0.1, 0.15) is 13.8 Å². The van der Waals surface area contributed by atoms with E-state index in [0.717, 1.165) is 0 Å². The van der Waals surface area contributed by atoms with Crippen LogP contribution in [0.15, 0.2) is 0 Å². The molecule has 3 N–H and O–H groups in total. The van der Waals surface area contributed by atoms with Gasteiger partial charge in [-0.3, -0.25) is 19.9 Å². The molecule has 0 bridgehead atoms. The third kappa shape index (κ3) is 12.6. The van der Waals surface area contributed by atoms with Gasteiger partial charge in [0.1, 0.15) is 0 Å². The Balaban J connectivity index is 0. The fraction of sp³-hybridized carbons (Fsp3) is 0.800. The summed E-state index contributed by atoms with van der Waals surface area (Å²) in [6, 6.07) is 0. The number of amides is 1. The van der Waals surface area contributed by atoms with Gasteiger partial charge in [-0.05, 0) is 0 Å². The van der Waals surface area contributed by atoms with E-state index >= 15 is 0 Å². The van der Waals surface area contributed by atoms with Crippen molar-refractivity contribution >= 4 is 14.4 Å². The lowest BCUT2D eigenvalue weighted by atomic mass is 10.6. The lowest BCUT2D eigenvalue weighted by Crippen LogP contribution is -2.30. The molecule has 0 radical (unpaired) electrons. The first-order valence-electron chi connectivity index (χ1n) is 3.24. The molecule has 0 aliphatic rings. The fourth-order valence-electron chi connectivity index (χ4n) is 0.255. The van der Waals surface area contributed by atoms with Gasteiger partial charge in [-0.15, -0.1) is 0 Å². The number of hydroxylamine groups is 1. The summed E-state index contributed by atoms with van der Waals surface area (Å²) in [6.07, 6.45) is 0.216. The number of hydrogen-bond acceptors (Lipinski definition) is 4. The minimum Gasteiger partial charge on any atom is -0.298 e. The van der Waals surface area contributed by atoms with E-state index in [4.69, 9.17) is 5.21 Å². The molecule has 66 valence electrons. The van der Waals surface area contributed by atoms with Gasteiger partial charge in [-0.2, -0.15) is 0 Å². The molecule has 0 aliphatic heterocycles. The van der Waals surface area contributed by atoms with Gasteiger partial charge in [-0.1, -0.05) is 13.8 Å². The molecule has 0 saturated heterocycles. The minimum absolute atomic E-state index is 0.0221. The summed E-state index contributed by atoms with van der Waals surface area (Å²) >= 11 is 0. The number of nitrogens with one attached hydrogen (secondary N) is 2. The van der Waals surface area contributed by atoms with Crippen molar-refractivity contribution in [2.24, 2.45) is 0 Å². The molecule has 0 atom stereocenters. The van der Waals surface area contributed by atoms with Crippen LogP contribution in [0, 0.1) is 0 Å². The fourth-order valence-corrected chi connectivity index (χ4v) is 0.458. The number of carbonyl (C=O) groups excluding carboxylic acids is 1. The van der Waals surface area contributed by atoms with E-state index in [9.17, 15) is 9.36 Å². The highest BCUT2D eigenvalue weighted by Gasteiger charge is 1.94. The monoisotopic (exact) mass is 180 g/mol. The third-order valence-corrected chi connectivity index (χ3v) is 0.939. The average molecular weight is 180 g/mol. The molecule has 0 rings (SSSR count). The molecule has 0 fully saturated rings. The van der Waals surface area contributed by atoms with Crippen LogP contribution >= 0.6 is 8.46 Å². The molecule has 0 aromatic heterocycles. The first kappa shape index (κ1) is 13.1. The van der Waals surface area contributed by atoms with Crippen molar-refractivity contribution in [3.8, 4) is 0 Å². The smallest absolute Gasteiger partial charge is 0.257 e. The molecule has 11 heavy (non-hydrogen) atoms. The maximum absolute atomic E-state index is 10.2. The molecule has 0 heterocycles. The van der Waals surface area contributed by atoms with Crippen molar-refractivity contribution in [2.45, 2.75) is 13.8 Å². The van der Waals surface area contributed by atoms with Gasteiger partial charge in [0.2, 0.25) is 0 Å². The molecular weight excluding hydrogens is 167 g/mol. The Morgan fingerprint density at radius 1 is 1.55 bits per heavy atom. The largest absolute Gasteiger partial charge is 0.298 e. The summed E-state index contributed by atoms with van der Waals surface area (Å²) < 4.78 is 9.72. The second-order valence-electron chi connectivity index (χ2n) is 1.25. The molecule has 0 saturated carbocycles. The van der Waals surface area contributed by atoms with Gasteiger partial charge in [0.15, 0.2) is 8.46 Å². The maximum atomic E-state index is 10.2. The van der Waals surface area contributed by atoms with E-state index < -0.39 is 5.91 Å². The lowest BCUT2D eigenvalue weighted by molar-refractivity contribution is -0.128. The molecule has 0 aromatic carbocycles. The van der Waals surface area contributed by atoms with Crippen LogP contribution in [0.4, 0.5) is 0 Å². The van der Waals surface area contributed by atoms with Crippen LogP contribution in [-0.4, -0.2) is 23.9 Å². The number of carbonyl (C=O) groups is 1. The Hall–Kier alpha value is -0.510. The van der Waals surface area contributed by atoms with E-state index in [1.165, 1.54) is 5.48 Å². The molecule has 5 nitrogen and oxygen atoms in total. The van der Waals surface area contributed by atoms with Crippen molar-refractivity contribution in [3.63, 3.8) is 0 Å².